The molecule has 4 rings (SSSR count). The Balaban J connectivity index is 1.58. The molecule has 1 fully saturated rings. The number of nitrogens with one attached hydrogen (secondary N) is 1. The summed E-state index contributed by atoms with van der Waals surface area (Å²) in [5, 5.41) is 2.58. The number of anilines is 1. The van der Waals surface area contributed by atoms with Crippen LogP contribution in [0.5, 0.6) is 0 Å². The summed E-state index contributed by atoms with van der Waals surface area (Å²) in [7, 11) is 0. The number of fused-ring (bicyclic) bond motifs is 1. The molecule has 3 aromatic rings. The molecule has 1 aliphatic rings. The van der Waals surface area contributed by atoms with Gasteiger partial charge in [-0.3, -0.25) is 4.79 Å². The minimum Gasteiger partial charge on any atom is -0.356 e. The van der Waals surface area contributed by atoms with Crippen LogP contribution in [-0.2, 0) is 12.4 Å². The van der Waals surface area contributed by atoms with Crippen LogP contribution in [0.2, 0.25) is 10.0 Å². The average molecular weight is 536 g/mol. The van der Waals surface area contributed by atoms with Gasteiger partial charge in [0.1, 0.15) is 5.82 Å². The van der Waals surface area contributed by atoms with E-state index >= 15 is 0 Å². The molecule has 0 aliphatic carbocycles. The van der Waals surface area contributed by atoms with Crippen molar-refractivity contribution in [1.82, 2.24) is 10.3 Å². The summed E-state index contributed by atoms with van der Waals surface area (Å²) in [5.41, 5.74) is -2.57. The maximum atomic E-state index is 13.8. The van der Waals surface area contributed by atoms with Gasteiger partial charge in [0.15, 0.2) is 0 Å². The van der Waals surface area contributed by atoms with Crippen molar-refractivity contribution < 1.29 is 31.1 Å². The zero-order chi connectivity index (χ0) is 25.5. The van der Waals surface area contributed by atoms with Crippen molar-refractivity contribution in [3.05, 3.63) is 69.3 Å². The molecule has 1 saturated heterocycles. The topological polar surface area (TPSA) is 45.2 Å². The molecule has 2 heterocycles. The van der Waals surface area contributed by atoms with Gasteiger partial charge in [-0.2, -0.15) is 26.3 Å². The molecule has 0 spiro atoms. The van der Waals surface area contributed by atoms with Crippen molar-refractivity contribution in [2.75, 3.05) is 18.0 Å². The SMILES string of the molecule is O=C(NC1CCN(c2nccc3cc(C(F)(F)F)cc(C(F)(F)F)c23)CC1)c1cccc(Cl)c1Cl. The number of hydrogen-bond donors (Lipinski definition) is 1. The molecule has 186 valence electrons. The number of alkyl halides is 6. The number of carbonyl (C=O) groups is 1. The Labute approximate surface area is 205 Å². The number of aromatic nitrogens is 1. The van der Waals surface area contributed by atoms with Crippen LogP contribution in [-0.4, -0.2) is 30.0 Å². The van der Waals surface area contributed by atoms with E-state index in [1.807, 2.05) is 0 Å². The molecular weight excluding hydrogens is 519 g/mol. The molecule has 1 aliphatic heterocycles. The number of pyridine rings is 1. The zero-order valence-corrected chi connectivity index (χ0v) is 19.3. The highest BCUT2D eigenvalue weighted by Crippen LogP contribution is 2.43. The normalized spacial score (nSPS) is 15.5. The molecule has 0 unspecified atom stereocenters. The predicted molar refractivity (Wildman–Crippen MR) is 121 cm³/mol. The van der Waals surface area contributed by atoms with E-state index in [1.165, 1.54) is 12.3 Å². The third-order valence-electron chi connectivity index (χ3n) is 5.80. The Bertz CT molecular complexity index is 1270. The first-order valence-electron chi connectivity index (χ1n) is 10.4. The van der Waals surface area contributed by atoms with Gasteiger partial charge in [0.2, 0.25) is 0 Å². The second-order valence-corrected chi connectivity index (χ2v) is 8.87. The van der Waals surface area contributed by atoms with Crippen LogP contribution in [0, 0.1) is 0 Å². The van der Waals surface area contributed by atoms with Crippen molar-refractivity contribution in [2.24, 2.45) is 0 Å². The number of halogens is 8. The monoisotopic (exact) mass is 535 g/mol. The first kappa shape index (κ1) is 25.4. The lowest BCUT2D eigenvalue weighted by atomic mass is 9.99. The minimum absolute atomic E-state index is 0.0498. The summed E-state index contributed by atoms with van der Waals surface area (Å²) in [6.07, 6.45) is -8.00. The van der Waals surface area contributed by atoms with E-state index in [2.05, 4.69) is 10.3 Å². The first-order chi connectivity index (χ1) is 16.4. The molecular formula is C23H17Cl2F6N3O. The standard InChI is InChI=1S/C23H17Cl2F6N3O/c24-17-3-1-2-15(19(17)25)21(35)33-14-5-8-34(9-6-14)20-18-12(4-7-32-20)10-13(22(26,27)28)11-16(18)23(29,30)31/h1-4,7,10-11,14H,5-6,8-9H2,(H,33,35). The summed E-state index contributed by atoms with van der Waals surface area (Å²) in [6, 6.07) is 6.30. The average Bonchev–Trinajstić information content (AvgIpc) is 2.79. The highest BCUT2D eigenvalue weighted by molar-refractivity contribution is 6.43. The highest BCUT2D eigenvalue weighted by Gasteiger charge is 2.39. The second-order valence-electron chi connectivity index (χ2n) is 8.09. The number of rotatable bonds is 3. The summed E-state index contributed by atoms with van der Waals surface area (Å²) in [6.45, 7) is 0.470. The zero-order valence-electron chi connectivity index (χ0n) is 17.8. The summed E-state index contributed by atoms with van der Waals surface area (Å²) < 4.78 is 81.0. The summed E-state index contributed by atoms with van der Waals surface area (Å²) in [5.74, 6) is -0.482. The lowest BCUT2D eigenvalue weighted by Gasteiger charge is -2.34. The van der Waals surface area contributed by atoms with Gasteiger partial charge >= 0.3 is 12.4 Å². The molecule has 0 saturated carbocycles. The maximum Gasteiger partial charge on any atom is 0.417 e. The number of carbonyl (C=O) groups excluding carboxylic acids is 1. The quantitative estimate of drug-likeness (QED) is 0.368. The number of hydrogen-bond acceptors (Lipinski definition) is 3. The van der Waals surface area contributed by atoms with Crippen LogP contribution in [0.25, 0.3) is 10.8 Å². The fourth-order valence-electron chi connectivity index (χ4n) is 4.10. The Morgan fingerprint density at radius 1 is 1.00 bits per heavy atom. The van der Waals surface area contributed by atoms with Gasteiger partial charge in [-0.05, 0) is 48.6 Å². The van der Waals surface area contributed by atoms with Crippen molar-refractivity contribution in [3.8, 4) is 0 Å². The third-order valence-corrected chi connectivity index (χ3v) is 6.62. The largest absolute Gasteiger partial charge is 0.417 e. The molecule has 12 heteroatoms. The Morgan fingerprint density at radius 3 is 2.31 bits per heavy atom. The van der Waals surface area contributed by atoms with E-state index in [0.29, 0.717) is 18.9 Å². The number of amides is 1. The van der Waals surface area contributed by atoms with E-state index in [4.69, 9.17) is 23.2 Å². The predicted octanol–water partition coefficient (Wildman–Crippen LogP) is 6.98. The van der Waals surface area contributed by atoms with Gasteiger partial charge in [-0.25, -0.2) is 4.98 Å². The van der Waals surface area contributed by atoms with E-state index in [1.54, 1.807) is 17.0 Å². The molecule has 0 atom stereocenters. The molecule has 0 bridgehead atoms. The third kappa shape index (κ3) is 5.28. The lowest BCUT2D eigenvalue weighted by molar-refractivity contribution is -0.142. The van der Waals surface area contributed by atoms with Crippen LogP contribution in [0.4, 0.5) is 32.2 Å². The van der Waals surface area contributed by atoms with Gasteiger partial charge < -0.3 is 10.2 Å². The van der Waals surface area contributed by atoms with Crippen molar-refractivity contribution in [1.29, 1.82) is 0 Å². The number of nitrogens with zero attached hydrogens (tertiary/aromatic N) is 2. The minimum atomic E-state index is -5.01. The smallest absolute Gasteiger partial charge is 0.356 e. The van der Waals surface area contributed by atoms with Crippen LogP contribution in [0.15, 0.2) is 42.6 Å². The van der Waals surface area contributed by atoms with E-state index in [0.717, 1.165) is 6.07 Å². The summed E-state index contributed by atoms with van der Waals surface area (Å²) >= 11 is 12.0. The number of piperidine rings is 1. The van der Waals surface area contributed by atoms with Gasteiger partial charge in [-0.15, -0.1) is 0 Å². The van der Waals surface area contributed by atoms with Crippen LogP contribution < -0.4 is 10.2 Å². The first-order valence-corrected chi connectivity index (χ1v) is 11.2. The Kier molecular flexibility index (Phi) is 6.80. The summed E-state index contributed by atoms with van der Waals surface area (Å²) in [4.78, 5) is 18.2. The van der Waals surface area contributed by atoms with Crippen molar-refractivity contribution in [3.63, 3.8) is 0 Å². The van der Waals surface area contributed by atoms with E-state index < -0.39 is 29.4 Å². The van der Waals surface area contributed by atoms with Crippen molar-refractivity contribution >= 4 is 45.7 Å². The number of benzene rings is 2. The van der Waals surface area contributed by atoms with E-state index in [9.17, 15) is 31.1 Å². The van der Waals surface area contributed by atoms with Gasteiger partial charge in [-0.1, -0.05) is 29.3 Å². The fourth-order valence-corrected chi connectivity index (χ4v) is 4.49. The molecule has 2 aromatic carbocycles. The maximum absolute atomic E-state index is 13.8. The molecule has 0 radical (unpaired) electrons. The van der Waals surface area contributed by atoms with Gasteiger partial charge in [0.05, 0.1) is 26.7 Å². The van der Waals surface area contributed by atoms with Gasteiger partial charge in [0.25, 0.3) is 5.91 Å². The lowest BCUT2D eigenvalue weighted by Crippen LogP contribution is -2.45. The molecule has 4 nitrogen and oxygen atoms in total. The van der Waals surface area contributed by atoms with Crippen LogP contribution in [0.3, 0.4) is 0 Å². The highest BCUT2D eigenvalue weighted by atomic mass is 35.5. The van der Waals surface area contributed by atoms with Gasteiger partial charge in [0, 0.05) is 30.7 Å². The van der Waals surface area contributed by atoms with E-state index in [-0.39, 0.29) is 57.4 Å². The van der Waals surface area contributed by atoms with Crippen molar-refractivity contribution in [2.45, 2.75) is 31.2 Å². The molecule has 1 aromatic heterocycles. The second kappa shape index (κ2) is 9.39. The Hall–Kier alpha value is -2.72. The molecule has 1 amide bonds. The molecule has 35 heavy (non-hydrogen) atoms. The molecule has 1 N–H and O–H groups in total. The van der Waals surface area contributed by atoms with Crippen LogP contribution >= 0.6 is 23.2 Å². The fraction of sp³-hybridized carbons (Fsp3) is 0.304. The Morgan fingerprint density at radius 2 is 1.69 bits per heavy atom. The van der Waals surface area contributed by atoms with Crippen LogP contribution in [0.1, 0.15) is 34.3 Å².